The highest BCUT2D eigenvalue weighted by Gasteiger charge is 2.33. The van der Waals surface area contributed by atoms with E-state index in [4.69, 9.17) is 5.48 Å². The number of hydrogen-bond acceptors (Lipinski definition) is 3. The number of allylic oxidation sites excluding steroid dienone is 1. The largest absolute Gasteiger partial charge is 0.480 e. The maximum atomic E-state index is 12.9. The Balaban J connectivity index is 2.65. The minimum absolute atomic E-state index is 0.0230. The lowest BCUT2D eigenvalue weighted by atomic mass is 9.86. The molecule has 1 aromatic heterocycles. The molecular formula is C19H25N3O3. The van der Waals surface area contributed by atoms with Crippen LogP contribution in [-0.4, -0.2) is 32.8 Å². The summed E-state index contributed by atoms with van der Waals surface area (Å²) in [6.45, 7) is 8.98. The van der Waals surface area contributed by atoms with Crippen LogP contribution in [0.15, 0.2) is 36.8 Å². The van der Waals surface area contributed by atoms with Crippen molar-refractivity contribution in [1.29, 1.82) is 0 Å². The van der Waals surface area contributed by atoms with E-state index in [0.29, 0.717) is 19.4 Å². The molecule has 0 saturated carbocycles. The Morgan fingerprint density at radius 2 is 2.12 bits per heavy atom. The molecule has 0 bridgehead atoms. The Bertz CT molecular complexity index is 980. The molecule has 0 spiro atoms. The van der Waals surface area contributed by atoms with Gasteiger partial charge in [-0.2, -0.15) is 5.10 Å². The first-order chi connectivity index (χ1) is 13.4. The summed E-state index contributed by atoms with van der Waals surface area (Å²) in [6.07, 6.45) is 3.00. The lowest BCUT2D eigenvalue weighted by Gasteiger charge is -2.27. The van der Waals surface area contributed by atoms with Crippen molar-refractivity contribution in [1.82, 2.24) is 15.1 Å². The first-order valence-corrected chi connectivity index (χ1v) is 8.03. The number of nitrogens with zero attached hydrogens (tertiary/aromatic N) is 2. The highest BCUT2D eigenvalue weighted by atomic mass is 16.4. The zero-order valence-corrected chi connectivity index (χ0v) is 14.6. The molecule has 0 fully saturated rings. The summed E-state index contributed by atoms with van der Waals surface area (Å²) in [7, 11) is 0. The minimum Gasteiger partial charge on any atom is -0.480 e. The summed E-state index contributed by atoms with van der Waals surface area (Å²) >= 11 is 0. The Labute approximate surface area is 153 Å². The molecule has 0 radical (unpaired) electrons. The molecule has 0 unspecified atom stereocenters. The van der Waals surface area contributed by atoms with E-state index in [-0.39, 0.29) is 28.7 Å². The van der Waals surface area contributed by atoms with E-state index in [0.717, 1.165) is 0 Å². The molecule has 6 nitrogen and oxygen atoms in total. The lowest BCUT2D eigenvalue weighted by Crippen LogP contribution is -2.49. The molecular weight excluding hydrogens is 318 g/mol. The topological polar surface area (TPSA) is 84.2 Å². The summed E-state index contributed by atoms with van der Waals surface area (Å²) in [5, 5.41) is 16.1. The van der Waals surface area contributed by atoms with Crippen LogP contribution in [-0.2, 0) is 11.3 Å². The average Bonchev–Trinajstić information content (AvgIpc) is 3.01. The molecule has 1 aromatic carbocycles. The third kappa shape index (κ3) is 4.26. The predicted molar refractivity (Wildman–Crippen MR) is 97.5 cm³/mol. The normalized spacial score (nSPS) is 15.0. The molecule has 134 valence electrons. The first kappa shape index (κ1) is 13.6. The molecule has 0 saturated heterocycles. The van der Waals surface area contributed by atoms with Crippen LogP contribution in [0.4, 0.5) is 0 Å². The molecule has 25 heavy (non-hydrogen) atoms. The number of carboxylic acid groups (broad SMARTS) is 1. The number of carbonyl (C=O) groups excluding carboxylic acids is 1. The monoisotopic (exact) mass is 347 g/mol. The van der Waals surface area contributed by atoms with Crippen molar-refractivity contribution in [3.63, 3.8) is 0 Å². The summed E-state index contributed by atoms with van der Waals surface area (Å²) < 4.78 is 33.6. The maximum absolute atomic E-state index is 12.9. The van der Waals surface area contributed by atoms with E-state index >= 15 is 0 Å². The lowest BCUT2D eigenvalue weighted by molar-refractivity contribution is -0.142. The van der Waals surface area contributed by atoms with Crippen LogP contribution in [0.2, 0.25) is 0 Å². The molecule has 1 atom stereocenters. The number of unbranched alkanes of at least 4 members (excludes halogenated alkanes) is 1. The Morgan fingerprint density at radius 1 is 1.44 bits per heavy atom. The fourth-order valence-electron chi connectivity index (χ4n) is 2.45. The molecule has 2 aromatic rings. The summed E-state index contributed by atoms with van der Waals surface area (Å²) in [5.41, 5.74) is -0.877. The number of fused-ring (bicyclic) bond motifs is 1. The van der Waals surface area contributed by atoms with E-state index in [9.17, 15) is 14.7 Å². The van der Waals surface area contributed by atoms with E-state index in [2.05, 4.69) is 17.0 Å². The third-order valence-corrected chi connectivity index (χ3v) is 3.76. The van der Waals surface area contributed by atoms with Crippen molar-refractivity contribution in [3.8, 4) is 0 Å². The second-order valence-corrected chi connectivity index (χ2v) is 6.84. The fraction of sp³-hybridized carbons (Fsp3) is 0.421. The number of aromatic nitrogens is 2. The zero-order chi connectivity index (χ0) is 22.1. The molecule has 2 N–H and O–H groups in total. The van der Waals surface area contributed by atoms with Crippen LogP contribution >= 0.6 is 0 Å². The predicted octanol–water partition coefficient (Wildman–Crippen LogP) is 3.23. The van der Waals surface area contributed by atoms with Gasteiger partial charge in [0.05, 0.1) is 11.0 Å². The van der Waals surface area contributed by atoms with Crippen LogP contribution in [0.25, 0.3) is 10.9 Å². The number of carbonyl (C=O) groups is 2. The quantitative estimate of drug-likeness (QED) is 0.595. The molecule has 0 aliphatic carbocycles. The van der Waals surface area contributed by atoms with Crippen molar-refractivity contribution in [3.05, 3.63) is 42.5 Å². The van der Waals surface area contributed by atoms with Gasteiger partial charge in [-0.3, -0.25) is 9.48 Å². The molecule has 0 aliphatic rings. The SMILES string of the molecule is [2H]c1c([2H])c([2H])c2c(c(C(=O)N[C@H](C(=O)O)C(C)(C)C)nn2CCCC=C)c1[2H]. The number of carboxylic acids is 1. The van der Waals surface area contributed by atoms with Crippen molar-refractivity contribution in [2.75, 3.05) is 0 Å². The summed E-state index contributed by atoms with van der Waals surface area (Å²) in [4.78, 5) is 24.5. The van der Waals surface area contributed by atoms with Crippen molar-refractivity contribution < 1.29 is 20.2 Å². The van der Waals surface area contributed by atoms with Crippen LogP contribution in [0.5, 0.6) is 0 Å². The fourth-order valence-corrected chi connectivity index (χ4v) is 2.45. The van der Waals surface area contributed by atoms with Gasteiger partial charge in [-0.25, -0.2) is 4.79 Å². The molecule has 2 rings (SSSR count). The van der Waals surface area contributed by atoms with Crippen LogP contribution in [0, 0.1) is 5.41 Å². The number of aryl methyl sites for hydroxylation is 1. The van der Waals surface area contributed by atoms with Gasteiger partial charge in [0.2, 0.25) is 0 Å². The molecule has 6 heteroatoms. The standard InChI is InChI=1S/C19H25N3O3/c1-5-6-9-12-22-14-11-8-7-10-13(14)15(21-22)17(23)20-16(18(24)25)19(2,3)4/h5,7-8,10-11,16H,1,6,9,12H2,2-4H3,(H,20,23)(H,24,25)/t16-/m1/s1/i7D,8D,10D,11D. The van der Waals surface area contributed by atoms with Gasteiger partial charge < -0.3 is 10.4 Å². The van der Waals surface area contributed by atoms with Gasteiger partial charge in [-0.1, -0.05) is 45.0 Å². The second kappa shape index (κ2) is 7.51. The highest BCUT2D eigenvalue weighted by molar-refractivity contribution is 6.06. The van der Waals surface area contributed by atoms with E-state index in [1.165, 1.54) is 4.68 Å². The van der Waals surface area contributed by atoms with E-state index in [1.54, 1.807) is 26.8 Å². The van der Waals surface area contributed by atoms with Crippen LogP contribution in [0.1, 0.15) is 49.6 Å². The zero-order valence-electron chi connectivity index (χ0n) is 18.6. The highest BCUT2D eigenvalue weighted by Crippen LogP contribution is 2.22. The van der Waals surface area contributed by atoms with Gasteiger partial charge in [0.15, 0.2) is 5.69 Å². The number of nitrogens with one attached hydrogen (secondary N) is 1. The van der Waals surface area contributed by atoms with Crippen molar-refractivity contribution >= 4 is 22.8 Å². The molecule has 1 amide bonds. The first-order valence-electron chi connectivity index (χ1n) is 10.0. The van der Waals surface area contributed by atoms with Crippen molar-refractivity contribution in [2.24, 2.45) is 5.41 Å². The minimum atomic E-state index is -1.21. The van der Waals surface area contributed by atoms with Gasteiger partial charge in [0.1, 0.15) is 6.04 Å². The van der Waals surface area contributed by atoms with Gasteiger partial charge >= 0.3 is 5.97 Å². The second-order valence-electron chi connectivity index (χ2n) is 6.84. The van der Waals surface area contributed by atoms with E-state index in [1.807, 2.05) is 0 Å². The molecule has 0 aliphatic heterocycles. The Morgan fingerprint density at radius 3 is 2.72 bits per heavy atom. The van der Waals surface area contributed by atoms with Crippen LogP contribution in [0.3, 0.4) is 0 Å². The Kier molecular flexibility index (Phi) is 4.09. The van der Waals surface area contributed by atoms with Gasteiger partial charge in [0.25, 0.3) is 5.91 Å². The Hall–Kier alpha value is -2.63. The summed E-state index contributed by atoms with van der Waals surface area (Å²) in [6, 6.07) is -2.78. The van der Waals surface area contributed by atoms with Gasteiger partial charge in [-0.15, -0.1) is 6.58 Å². The average molecular weight is 347 g/mol. The number of benzene rings is 1. The number of aliphatic carboxylic acids is 1. The summed E-state index contributed by atoms with van der Waals surface area (Å²) in [5.74, 6) is -2.01. The number of amides is 1. The number of para-hydroxylation sites is 1. The smallest absolute Gasteiger partial charge is 0.326 e. The third-order valence-electron chi connectivity index (χ3n) is 3.76. The van der Waals surface area contributed by atoms with Crippen LogP contribution < -0.4 is 5.32 Å². The van der Waals surface area contributed by atoms with Gasteiger partial charge in [0, 0.05) is 11.9 Å². The number of hydrogen-bond donors (Lipinski definition) is 2. The number of rotatable bonds is 7. The maximum Gasteiger partial charge on any atom is 0.326 e. The molecule has 1 heterocycles. The van der Waals surface area contributed by atoms with E-state index < -0.39 is 35.4 Å². The van der Waals surface area contributed by atoms with Crippen molar-refractivity contribution in [2.45, 2.75) is 46.2 Å². The van der Waals surface area contributed by atoms with Gasteiger partial charge in [-0.05, 0) is 24.3 Å².